The molecule has 2 aromatic rings. The Morgan fingerprint density at radius 3 is 2.70 bits per heavy atom. The number of benzene rings is 1. The first-order valence-electron chi connectivity index (χ1n) is 6.00. The maximum absolute atomic E-state index is 12.1. The SMILES string of the molecule is Cc1coc(C)c1C(=O)/C=C/c1cccc([N+](=O)[O-])c1. The number of rotatable bonds is 4. The van der Waals surface area contributed by atoms with Crippen LogP contribution in [0.2, 0.25) is 0 Å². The van der Waals surface area contributed by atoms with Gasteiger partial charge in [0.1, 0.15) is 5.76 Å². The van der Waals surface area contributed by atoms with E-state index in [0.717, 1.165) is 5.56 Å². The van der Waals surface area contributed by atoms with Gasteiger partial charge in [-0.3, -0.25) is 14.9 Å². The van der Waals surface area contributed by atoms with Gasteiger partial charge in [0.05, 0.1) is 16.7 Å². The van der Waals surface area contributed by atoms with Crippen molar-refractivity contribution in [3.8, 4) is 0 Å². The number of carbonyl (C=O) groups is 1. The maximum atomic E-state index is 12.1. The number of non-ortho nitro benzene ring substituents is 1. The van der Waals surface area contributed by atoms with Gasteiger partial charge in [-0.05, 0) is 31.1 Å². The highest BCUT2D eigenvalue weighted by atomic mass is 16.6. The number of furan rings is 1. The molecule has 0 aliphatic rings. The molecule has 0 aliphatic heterocycles. The van der Waals surface area contributed by atoms with Gasteiger partial charge in [0, 0.05) is 12.1 Å². The lowest BCUT2D eigenvalue weighted by atomic mass is 10.1. The summed E-state index contributed by atoms with van der Waals surface area (Å²) >= 11 is 0. The van der Waals surface area contributed by atoms with Crippen molar-refractivity contribution < 1.29 is 14.1 Å². The number of nitrogens with zero attached hydrogens (tertiary/aromatic N) is 1. The van der Waals surface area contributed by atoms with Crippen LogP contribution in [0.4, 0.5) is 5.69 Å². The van der Waals surface area contributed by atoms with Crippen molar-refractivity contribution in [2.24, 2.45) is 0 Å². The average molecular weight is 271 g/mol. The molecular formula is C15H13NO4. The molecule has 0 radical (unpaired) electrons. The lowest BCUT2D eigenvalue weighted by Gasteiger charge is -1.96. The van der Waals surface area contributed by atoms with Crippen molar-refractivity contribution >= 4 is 17.5 Å². The van der Waals surface area contributed by atoms with Crippen LogP contribution in [0.15, 0.2) is 41.0 Å². The smallest absolute Gasteiger partial charge is 0.270 e. The largest absolute Gasteiger partial charge is 0.469 e. The predicted octanol–water partition coefficient (Wildman–Crippen LogP) is 3.70. The molecule has 20 heavy (non-hydrogen) atoms. The van der Waals surface area contributed by atoms with Crippen molar-refractivity contribution in [3.63, 3.8) is 0 Å². The highest BCUT2D eigenvalue weighted by Crippen LogP contribution is 2.18. The van der Waals surface area contributed by atoms with Crippen molar-refractivity contribution in [1.29, 1.82) is 0 Å². The maximum Gasteiger partial charge on any atom is 0.270 e. The molecule has 1 heterocycles. The fourth-order valence-electron chi connectivity index (χ4n) is 1.94. The fourth-order valence-corrected chi connectivity index (χ4v) is 1.94. The molecule has 0 N–H and O–H groups in total. The number of aryl methyl sites for hydroxylation is 2. The summed E-state index contributed by atoms with van der Waals surface area (Å²) in [7, 11) is 0. The quantitative estimate of drug-likeness (QED) is 0.368. The summed E-state index contributed by atoms with van der Waals surface area (Å²) in [5.74, 6) is 0.386. The van der Waals surface area contributed by atoms with E-state index in [1.807, 2.05) is 0 Å². The monoisotopic (exact) mass is 271 g/mol. The van der Waals surface area contributed by atoms with Crippen molar-refractivity contribution in [3.05, 3.63) is 69.2 Å². The van der Waals surface area contributed by atoms with Gasteiger partial charge in [-0.15, -0.1) is 0 Å². The Labute approximate surface area is 115 Å². The standard InChI is InChI=1S/C15H13NO4/c1-10-9-20-11(2)15(10)14(17)7-6-12-4-3-5-13(8-12)16(18)19/h3-9H,1-2H3/b7-6+. The summed E-state index contributed by atoms with van der Waals surface area (Å²) in [5, 5.41) is 10.7. The second-order valence-electron chi connectivity index (χ2n) is 4.40. The molecule has 0 spiro atoms. The molecule has 5 nitrogen and oxygen atoms in total. The third-order valence-corrected chi connectivity index (χ3v) is 2.91. The van der Waals surface area contributed by atoms with Crippen LogP contribution >= 0.6 is 0 Å². The second kappa shape index (κ2) is 5.52. The first kappa shape index (κ1) is 13.7. The third-order valence-electron chi connectivity index (χ3n) is 2.91. The number of carbonyl (C=O) groups excluding carboxylic acids is 1. The van der Waals surface area contributed by atoms with Gasteiger partial charge < -0.3 is 4.42 Å². The Morgan fingerprint density at radius 1 is 1.35 bits per heavy atom. The van der Waals surface area contributed by atoms with Crippen LogP contribution in [-0.2, 0) is 0 Å². The van der Waals surface area contributed by atoms with Crippen molar-refractivity contribution in [2.45, 2.75) is 13.8 Å². The number of allylic oxidation sites excluding steroid dienone is 1. The topological polar surface area (TPSA) is 73.3 Å². The van der Waals surface area contributed by atoms with E-state index in [1.165, 1.54) is 24.5 Å². The number of nitro benzene ring substituents is 1. The van der Waals surface area contributed by atoms with Gasteiger partial charge in [0.25, 0.3) is 5.69 Å². The molecule has 0 saturated heterocycles. The zero-order chi connectivity index (χ0) is 14.7. The molecule has 2 rings (SSSR count). The number of ketones is 1. The van der Waals surface area contributed by atoms with Crippen LogP contribution in [0.5, 0.6) is 0 Å². The number of nitro groups is 1. The van der Waals surface area contributed by atoms with Crippen molar-refractivity contribution in [1.82, 2.24) is 0 Å². The molecule has 102 valence electrons. The van der Waals surface area contributed by atoms with Gasteiger partial charge >= 0.3 is 0 Å². The summed E-state index contributed by atoms with van der Waals surface area (Å²) < 4.78 is 5.17. The minimum absolute atomic E-state index is 0.00438. The van der Waals surface area contributed by atoms with Gasteiger partial charge in [-0.1, -0.05) is 18.2 Å². The van der Waals surface area contributed by atoms with Crippen LogP contribution in [0, 0.1) is 24.0 Å². The summed E-state index contributed by atoms with van der Waals surface area (Å²) in [6, 6.07) is 6.10. The number of hydrogen-bond acceptors (Lipinski definition) is 4. The average Bonchev–Trinajstić information content (AvgIpc) is 2.76. The third kappa shape index (κ3) is 2.83. The van der Waals surface area contributed by atoms with Gasteiger partial charge in [-0.2, -0.15) is 0 Å². The van der Waals surface area contributed by atoms with E-state index in [1.54, 1.807) is 32.1 Å². The first-order chi connectivity index (χ1) is 9.49. The number of hydrogen-bond donors (Lipinski definition) is 0. The highest BCUT2D eigenvalue weighted by Gasteiger charge is 2.13. The van der Waals surface area contributed by atoms with Crippen LogP contribution < -0.4 is 0 Å². The van der Waals surface area contributed by atoms with Gasteiger partial charge in [-0.25, -0.2) is 0 Å². The van der Waals surface area contributed by atoms with Crippen LogP contribution in [0.1, 0.15) is 27.2 Å². The van der Waals surface area contributed by atoms with E-state index in [4.69, 9.17) is 4.42 Å². The fraction of sp³-hybridized carbons (Fsp3) is 0.133. The Kier molecular flexibility index (Phi) is 3.79. The summed E-state index contributed by atoms with van der Waals surface area (Å²) in [6.07, 6.45) is 4.48. The normalized spacial score (nSPS) is 10.9. The molecule has 0 fully saturated rings. The van der Waals surface area contributed by atoms with E-state index in [-0.39, 0.29) is 11.5 Å². The molecule has 0 aliphatic carbocycles. The first-order valence-corrected chi connectivity index (χ1v) is 6.00. The summed E-state index contributed by atoms with van der Waals surface area (Å²) in [6.45, 7) is 3.52. The molecule has 0 atom stereocenters. The highest BCUT2D eigenvalue weighted by molar-refractivity contribution is 6.08. The zero-order valence-corrected chi connectivity index (χ0v) is 11.1. The van der Waals surface area contributed by atoms with Gasteiger partial charge in [0.15, 0.2) is 5.78 Å². The van der Waals surface area contributed by atoms with E-state index in [0.29, 0.717) is 16.9 Å². The molecule has 0 amide bonds. The minimum Gasteiger partial charge on any atom is -0.469 e. The molecule has 1 aromatic heterocycles. The lowest BCUT2D eigenvalue weighted by Crippen LogP contribution is -1.96. The van der Waals surface area contributed by atoms with Crippen molar-refractivity contribution in [2.75, 3.05) is 0 Å². The van der Waals surface area contributed by atoms with Crippen LogP contribution in [0.25, 0.3) is 6.08 Å². The predicted molar refractivity (Wildman–Crippen MR) is 74.6 cm³/mol. The van der Waals surface area contributed by atoms with E-state index in [2.05, 4.69) is 0 Å². The second-order valence-corrected chi connectivity index (χ2v) is 4.40. The van der Waals surface area contributed by atoms with Crippen LogP contribution in [0.3, 0.4) is 0 Å². The Morgan fingerprint density at radius 2 is 2.10 bits per heavy atom. The van der Waals surface area contributed by atoms with E-state index >= 15 is 0 Å². The van der Waals surface area contributed by atoms with E-state index in [9.17, 15) is 14.9 Å². The Balaban J connectivity index is 2.24. The Bertz CT molecular complexity index is 678. The zero-order valence-electron chi connectivity index (χ0n) is 11.1. The molecule has 5 heteroatoms. The lowest BCUT2D eigenvalue weighted by molar-refractivity contribution is -0.384. The molecule has 0 bridgehead atoms. The Hall–Kier alpha value is -2.69. The molecule has 1 aromatic carbocycles. The van der Waals surface area contributed by atoms with E-state index < -0.39 is 4.92 Å². The van der Waals surface area contributed by atoms with Crippen LogP contribution in [-0.4, -0.2) is 10.7 Å². The summed E-state index contributed by atoms with van der Waals surface area (Å²) in [5.41, 5.74) is 1.91. The van der Waals surface area contributed by atoms with Gasteiger partial charge in [0.2, 0.25) is 0 Å². The minimum atomic E-state index is -0.469. The molecular weight excluding hydrogens is 258 g/mol. The molecule has 0 saturated carbocycles. The molecule has 0 unspecified atom stereocenters. The summed E-state index contributed by atoms with van der Waals surface area (Å²) in [4.78, 5) is 22.3.